The van der Waals surface area contributed by atoms with Crippen LogP contribution < -0.4 is 10.1 Å². The largest absolute Gasteiger partial charge is 0.489 e. The first-order valence-electron chi connectivity index (χ1n) is 10.1. The number of rotatable bonds is 7. The van der Waals surface area contributed by atoms with Gasteiger partial charge in [0.05, 0.1) is 0 Å². The van der Waals surface area contributed by atoms with Gasteiger partial charge in [-0.2, -0.15) is 0 Å². The van der Waals surface area contributed by atoms with Gasteiger partial charge in [0, 0.05) is 31.2 Å². The Balaban J connectivity index is 1.25. The summed E-state index contributed by atoms with van der Waals surface area (Å²) in [5, 5.41) is 3.17. The van der Waals surface area contributed by atoms with Crippen LogP contribution in [0.15, 0.2) is 84.9 Å². The lowest BCUT2D eigenvalue weighted by Crippen LogP contribution is -2.36. The average Bonchev–Trinajstić information content (AvgIpc) is 3.20. The molecule has 1 fully saturated rings. The second-order valence-electron chi connectivity index (χ2n) is 7.48. The fraction of sp³-hybridized carbons (Fsp3) is 0.240. The second kappa shape index (κ2) is 9.39. The molecule has 1 saturated heterocycles. The number of benzene rings is 3. The quantitative estimate of drug-likeness (QED) is 0.659. The minimum Gasteiger partial charge on any atom is -0.489 e. The summed E-state index contributed by atoms with van der Waals surface area (Å²) in [6.45, 7) is 3.34. The van der Waals surface area contributed by atoms with Crippen LogP contribution in [-0.2, 0) is 13.2 Å². The predicted molar refractivity (Wildman–Crippen MR) is 115 cm³/mol. The Morgan fingerprint density at radius 1 is 0.897 bits per heavy atom. The van der Waals surface area contributed by atoms with E-state index in [1.54, 1.807) is 0 Å². The molecule has 0 aliphatic carbocycles. The van der Waals surface area contributed by atoms with E-state index in [0.29, 0.717) is 12.2 Å². The molecule has 0 aromatic heterocycles. The molecule has 3 aromatic carbocycles. The molecule has 1 atom stereocenters. The monoisotopic (exact) mass is 386 g/mol. The molecule has 0 radical (unpaired) electrons. The van der Waals surface area contributed by atoms with E-state index in [9.17, 15) is 4.79 Å². The molecule has 1 amide bonds. The number of hydrogen-bond donors (Lipinski definition) is 1. The maximum atomic E-state index is 12.6. The first-order valence-corrected chi connectivity index (χ1v) is 10.1. The highest BCUT2D eigenvalue weighted by Crippen LogP contribution is 2.16. The summed E-state index contributed by atoms with van der Waals surface area (Å²) >= 11 is 0. The lowest BCUT2D eigenvalue weighted by molar-refractivity contribution is 0.0937. The van der Waals surface area contributed by atoms with Crippen molar-refractivity contribution in [1.29, 1.82) is 0 Å². The third kappa shape index (κ3) is 5.46. The Labute approximate surface area is 172 Å². The molecule has 1 heterocycles. The van der Waals surface area contributed by atoms with Gasteiger partial charge in [-0.15, -0.1) is 0 Å². The fourth-order valence-corrected chi connectivity index (χ4v) is 3.65. The van der Waals surface area contributed by atoms with Gasteiger partial charge < -0.3 is 10.1 Å². The molecule has 0 bridgehead atoms. The van der Waals surface area contributed by atoms with E-state index in [1.807, 2.05) is 60.7 Å². The van der Waals surface area contributed by atoms with Crippen LogP contribution in [0.3, 0.4) is 0 Å². The highest BCUT2D eigenvalue weighted by molar-refractivity contribution is 5.94. The summed E-state index contributed by atoms with van der Waals surface area (Å²) in [5.41, 5.74) is 3.10. The summed E-state index contributed by atoms with van der Waals surface area (Å²) in [6.07, 6.45) is 0.983. The van der Waals surface area contributed by atoms with Gasteiger partial charge in [-0.1, -0.05) is 60.7 Å². The van der Waals surface area contributed by atoms with Gasteiger partial charge in [-0.25, -0.2) is 0 Å². The molecule has 148 valence electrons. The van der Waals surface area contributed by atoms with Crippen molar-refractivity contribution < 1.29 is 9.53 Å². The van der Waals surface area contributed by atoms with E-state index in [4.69, 9.17) is 4.74 Å². The van der Waals surface area contributed by atoms with Crippen LogP contribution in [0.1, 0.15) is 27.9 Å². The SMILES string of the molecule is O=C(NC1CCN(Cc2ccccc2)C1)c1ccc(OCc2ccccc2)cc1. The zero-order valence-electron chi connectivity index (χ0n) is 16.5. The molecular formula is C25H26N2O2. The number of ether oxygens (including phenoxy) is 1. The van der Waals surface area contributed by atoms with Gasteiger partial charge in [-0.05, 0) is 41.8 Å². The van der Waals surface area contributed by atoms with Crippen molar-refractivity contribution in [1.82, 2.24) is 10.2 Å². The van der Waals surface area contributed by atoms with E-state index in [0.717, 1.165) is 37.4 Å². The standard InChI is InChI=1S/C25H26N2O2/c28-25(26-23-15-16-27(18-23)17-20-7-3-1-4-8-20)22-11-13-24(14-12-22)29-19-21-9-5-2-6-10-21/h1-14,23H,15-19H2,(H,26,28). The highest BCUT2D eigenvalue weighted by atomic mass is 16.5. The zero-order valence-corrected chi connectivity index (χ0v) is 16.5. The van der Waals surface area contributed by atoms with E-state index in [-0.39, 0.29) is 11.9 Å². The topological polar surface area (TPSA) is 41.6 Å². The van der Waals surface area contributed by atoms with Crippen LogP contribution in [0, 0.1) is 0 Å². The maximum absolute atomic E-state index is 12.6. The van der Waals surface area contributed by atoms with Crippen molar-refractivity contribution in [2.45, 2.75) is 25.6 Å². The number of nitrogens with zero attached hydrogens (tertiary/aromatic N) is 1. The predicted octanol–water partition coefficient (Wildman–Crippen LogP) is 4.27. The lowest BCUT2D eigenvalue weighted by atomic mass is 10.1. The van der Waals surface area contributed by atoms with Crippen molar-refractivity contribution in [3.63, 3.8) is 0 Å². The van der Waals surface area contributed by atoms with Crippen LogP contribution in [0.2, 0.25) is 0 Å². The normalized spacial score (nSPS) is 16.5. The van der Waals surface area contributed by atoms with Crippen LogP contribution in [0.5, 0.6) is 5.75 Å². The number of likely N-dealkylation sites (tertiary alicyclic amines) is 1. The minimum atomic E-state index is -0.0221. The highest BCUT2D eigenvalue weighted by Gasteiger charge is 2.24. The Bertz CT molecular complexity index is 911. The van der Waals surface area contributed by atoms with E-state index >= 15 is 0 Å². The number of amides is 1. The van der Waals surface area contributed by atoms with Crippen molar-refractivity contribution in [3.05, 3.63) is 102 Å². The summed E-state index contributed by atoms with van der Waals surface area (Å²) in [4.78, 5) is 15.0. The van der Waals surface area contributed by atoms with Crippen molar-refractivity contribution in [2.75, 3.05) is 13.1 Å². The summed E-state index contributed by atoms with van der Waals surface area (Å²) in [7, 11) is 0. The van der Waals surface area contributed by atoms with E-state index < -0.39 is 0 Å². The smallest absolute Gasteiger partial charge is 0.251 e. The molecular weight excluding hydrogens is 360 g/mol. The van der Waals surface area contributed by atoms with E-state index in [1.165, 1.54) is 5.56 Å². The first kappa shape index (κ1) is 19.2. The Morgan fingerprint density at radius 2 is 1.55 bits per heavy atom. The molecule has 1 aliphatic heterocycles. The zero-order chi connectivity index (χ0) is 19.9. The molecule has 0 spiro atoms. The summed E-state index contributed by atoms with van der Waals surface area (Å²) < 4.78 is 5.79. The Morgan fingerprint density at radius 3 is 2.24 bits per heavy atom. The molecule has 1 unspecified atom stereocenters. The van der Waals surface area contributed by atoms with E-state index in [2.05, 4.69) is 34.5 Å². The third-order valence-corrected chi connectivity index (χ3v) is 5.22. The summed E-state index contributed by atoms with van der Waals surface area (Å²) in [5.74, 6) is 0.742. The van der Waals surface area contributed by atoms with Crippen molar-refractivity contribution in [3.8, 4) is 5.75 Å². The maximum Gasteiger partial charge on any atom is 0.251 e. The number of hydrogen-bond acceptors (Lipinski definition) is 3. The first-order chi connectivity index (χ1) is 14.3. The molecule has 29 heavy (non-hydrogen) atoms. The van der Waals surface area contributed by atoms with Crippen LogP contribution >= 0.6 is 0 Å². The van der Waals surface area contributed by atoms with Gasteiger partial charge in [-0.3, -0.25) is 9.69 Å². The van der Waals surface area contributed by atoms with Crippen molar-refractivity contribution in [2.24, 2.45) is 0 Å². The number of carbonyl (C=O) groups is 1. The van der Waals surface area contributed by atoms with Crippen molar-refractivity contribution >= 4 is 5.91 Å². The van der Waals surface area contributed by atoms with Gasteiger partial charge >= 0.3 is 0 Å². The average molecular weight is 386 g/mol. The molecule has 4 nitrogen and oxygen atoms in total. The van der Waals surface area contributed by atoms with Gasteiger partial charge in [0.2, 0.25) is 0 Å². The van der Waals surface area contributed by atoms with Crippen LogP contribution in [0.25, 0.3) is 0 Å². The van der Waals surface area contributed by atoms with Crippen LogP contribution in [0.4, 0.5) is 0 Å². The lowest BCUT2D eigenvalue weighted by Gasteiger charge is -2.17. The molecule has 1 aliphatic rings. The second-order valence-corrected chi connectivity index (χ2v) is 7.48. The third-order valence-electron chi connectivity index (χ3n) is 5.22. The molecule has 1 N–H and O–H groups in total. The van der Waals surface area contributed by atoms with Gasteiger partial charge in [0.15, 0.2) is 0 Å². The number of carbonyl (C=O) groups excluding carboxylic acids is 1. The molecule has 4 rings (SSSR count). The van der Waals surface area contributed by atoms with Gasteiger partial charge in [0.1, 0.15) is 12.4 Å². The molecule has 0 saturated carbocycles. The number of nitrogens with one attached hydrogen (secondary N) is 1. The summed E-state index contributed by atoms with van der Waals surface area (Å²) in [6, 6.07) is 28.1. The minimum absolute atomic E-state index is 0.0221. The fourth-order valence-electron chi connectivity index (χ4n) is 3.65. The van der Waals surface area contributed by atoms with Crippen LogP contribution in [-0.4, -0.2) is 29.9 Å². The van der Waals surface area contributed by atoms with Gasteiger partial charge in [0.25, 0.3) is 5.91 Å². The Kier molecular flexibility index (Phi) is 6.22. The molecule has 3 aromatic rings. The molecule has 4 heteroatoms. The Hall–Kier alpha value is -3.11.